The molecule has 186 valence electrons. The fourth-order valence-electron chi connectivity index (χ4n) is 3.35. The van der Waals surface area contributed by atoms with Gasteiger partial charge in [-0.3, -0.25) is 9.59 Å². The van der Waals surface area contributed by atoms with Gasteiger partial charge >= 0.3 is 17.8 Å². The molecule has 37 heavy (non-hydrogen) atoms. The molecule has 0 saturated carbocycles. The van der Waals surface area contributed by atoms with Crippen molar-refractivity contribution >= 4 is 63.7 Å². The van der Waals surface area contributed by atoms with E-state index in [4.69, 9.17) is 32.7 Å². The summed E-state index contributed by atoms with van der Waals surface area (Å²) in [6.45, 7) is 0. The van der Waals surface area contributed by atoms with Gasteiger partial charge in [0.25, 0.3) is 0 Å². The predicted molar refractivity (Wildman–Crippen MR) is 143 cm³/mol. The Morgan fingerprint density at radius 3 is 2.35 bits per heavy atom. The number of rotatable bonds is 6. The SMILES string of the molecule is COc1ccc(C(=O)Oc2ccc3ccccc3c2C=NNC(=O)C(=O)Nc2ccc(Cl)c(Cl)c2)cc1. The summed E-state index contributed by atoms with van der Waals surface area (Å²) in [5.74, 6) is -1.73. The molecule has 0 aromatic heterocycles. The van der Waals surface area contributed by atoms with Crippen LogP contribution in [0.2, 0.25) is 10.0 Å². The molecule has 4 aromatic carbocycles. The number of esters is 1. The van der Waals surface area contributed by atoms with E-state index in [-0.39, 0.29) is 10.8 Å². The molecule has 0 aliphatic heterocycles. The van der Waals surface area contributed by atoms with Gasteiger partial charge in [-0.1, -0.05) is 53.5 Å². The number of halogens is 2. The van der Waals surface area contributed by atoms with Crippen LogP contribution in [0.1, 0.15) is 15.9 Å². The minimum Gasteiger partial charge on any atom is -0.497 e. The third-order valence-corrected chi connectivity index (χ3v) is 5.94. The van der Waals surface area contributed by atoms with Gasteiger partial charge in [0.2, 0.25) is 0 Å². The molecular formula is C27H19Cl2N3O5. The van der Waals surface area contributed by atoms with E-state index in [1.807, 2.05) is 24.3 Å². The number of fused-ring (bicyclic) bond motifs is 1. The summed E-state index contributed by atoms with van der Waals surface area (Å²) in [6, 6.07) is 21.7. The van der Waals surface area contributed by atoms with Gasteiger partial charge in [-0.05, 0) is 59.3 Å². The van der Waals surface area contributed by atoms with Gasteiger partial charge in [-0.2, -0.15) is 5.10 Å². The number of amides is 2. The van der Waals surface area contributed by atoms with Crippen LogP contribution in [-0.4, -0.2) is 31.1 Å². The van der Waals surface area contributed by atoms with E-state index < -0.39 is 17.8 Å². The molecule has 10 heteroatoms. The maximum absolute atomic E-state index is 12.7. The second kappa shape index (κ2) is 11.6. The van der Waals surface area contributed by atoms with Crippen LogP contribution in [-0.2, 0) is 9.59 Å². The van der Waals surface area contributed by atoms with E-state index in [2.05, 4.69) is 15.8 Å². The molecule has 0 saturated heterocycles. The van der Waals surface area contributed by atoms with Gasteiger partial charge in [-0.25, -0.2) is 10.2 Å². The number of hydrogen-bond donors (Lipinski definition) is 2. The summed E-state index contributed by atoms with van der Waals surface area (Å²) in [7, 11) is 1.53. The summed E-state index contributed by atoms with van der Waals surface area (Å²) in [5, 5.41) is 8.44. The van der Waals surface area contributed by atoms with Crippen molar-refractivity contribution in [3.8, 4) is 11.5 Å². The third kappa shape index (κ3) is 6.24. The van der Waals surface area contributed by atoms with Crippen molar-refractivity contribution in [3.05, 3.63) is 100 Å². The fourth-order valence-corrected chi connectivity index (χ4v) is 3.65. The standard InChI is InChI=1S/C27H19Cl2N3O5/c1-36-19-10-6-17(7-11-19)27(35)37-24-13-8-16-4-2-3-5-20(16)21(24)15-30-32-26(34)25(33)31-18-9-12-22(28)23(29)14-18/h2-15H,1H3,(H,31,33)(H,32,34). The highest BCUT2D eigenvalue weighted by Crippen LogP contribution is 2.28. The Morgan fingerprint density at radius 1 is 0.865 bits per heavy atom. The van der Waals surface area contributed by atoms with Crippen LogP contribution in [0, 0.1) is 0 Å². The molecule has 0 aliphatic rings. The first-order valence-corrected chi connectivity index (χ1v) is 11.6. The van der Waals surface area contributed by atoms with Crippen molar-refractivity contribution in [3.63, 3.8) is 0 Å². The summed E-state index contributed by atoms with van der Waals surface area (Å²) in [5.41, 5.74) is 3.22. The van der Waals surface area contributed by atoms with Gasteiger partial charge in [0, 0.05) is 11.3 Å². The van der Waals surface area contributed by atoms with Gasteiger partial charge in [-0.15, -0.1) is 0 Å². The second-order valence-corrected chi connectivity index (χ2v) is 8.41. The highest BCUT2D eigenvalue weighted by atomic mass is 35.5. The first-order chi connectivity index (χ1) is 17.9. The van der Waals surface area contributed by atoms with Crippen molar-refractivity contribution in [2.75, 3.05) is 12.4 Å². The van der Waals surface area contributed by atoms with E-state index in [0.717, 1.165) is 10.8 Å². The number of ether oxygens (including phenoxy) is 2. The van der Waals surface area contributed by atoms with Crippen LogP contribution in [0.5, 0.6) is 11.5 Å². The monoisotopic (exact) mass is 535 g/mol. The Bertz CT molecular complexity index is 1520. The molecule has 0 heterocycles. The fraction of sp³-hybridized carbons (Fsp3) is 0.0370. The Hall–Kier alpha value is -4.40. The molecule has 2 amide bonds. The van der Waals surface area contributed by atoms with Crippen LogP contribution >= 0.6 is 23.2 Å². The quantitative estimate of drug-likeness (QED) is 0.112. The zero-order valence-corrected chi connectivity index (χ0v) is 20.8. The second-order valence-electron chi connectivity index (χ2n) is 7.60. The Morgan fingerprint density at radius 2 is 1.62 bits per heavy atom. The van der Waals surface area contributed by atoms with Crippen LogP contribution in [0.3, 0.4) is 0 Å². The summed E-state index contributed by atoms with van der Waals surface area (Å²) in [4.78, 5) is 37.2. The molecular weight excluding hydrogens is 517 g/mol. The molecule has 0 radical (unpaired) electrons. The highest BCUT2D eigenvalue weighted by Gasteiger charge is 2.16. The summed E-state index contributed by atoms with van der Waals surface area (Å²) in [6.07, 6.45) is 1.31. The number of anilines is 1. The summed E-state index contributed by atoms with van der Waals surface area (Å²) >= 11 is 11.8. The normalized spacial score (nSPS) is 10.8. The number of nitrogens with zero attached hydrogens (tertiary/aromatic N) is 1. The number of methoxy groups -OCH3 is 1. The number of carbonyl (C=O) groups is 3. The van der Waals surface area contributed by atoms with E-state index in [0.29, 0.717) is 27.6 Å². The molecule has 2 N–H and O–H groups in total. The zero-order chi connectivity index (χ0) is 26.4. The van der Waals surface area contributed by atoms with E-state index in [1.54, 1.807) is 36.4 Å². The lowest BCUT2D eigenvalue weighted by molar-refractivity contribution is -0.136. The molecule has 0 unspecified atom stereocenters. The molecule has 8 nitrogen and oxygen atoms in total. The molecule has 0 bridgehead atoms. The minimum atomic E-state index is -1.01. The molecule has 4 aromatic rings. The number of carbonyl (C=O) groups excluding carboxylic acids is 3. The average Bonchev–Trinajstić information content (AvgIpc) is 2.91. The Balaban J connectivity index is 1.52. The van der Waals surface area contributed by atoms with Crippen LogP contribution < -0.4 is 20.2 Å². The average molecular weight is 536 g/mol. The Labute approximate surface area is 221 Å². The lowest BCUT2D eigenvalue weighted by Crippen LogP contribution is -2.32. The topological polar surface area (TPSA) is 106 Å². The number of hydrogen-bond acceptors (Lipinski definition) is 6. The van der Waals surface area contributed by atoms with Crippen molar-refractivity contribution in [1.82, 2.24) is 5.43 Å². The lowest BCUT2D eigenvalue weighted by atomic mass is 10.0. The highest BCUT2D eigenvalue weighted by molar-refractivity contribution is 6.43. The van der Waals surface area contributed by atoms with Gasteiger partial charge in [0.05, 0.1) is 28.9 Å². The molecule has 0 spiro atoms. The largest absolute Gasteiger partial charge is 0.497 e. The Kier molecular flexibility index (Phi) is 8.02. The number of nitrogens with one attached hydrogen (secondary N) is 2. The molecule has 4 rings (SSSR count). The lowest BCUT2D eigenvalue weighted by Gasteiger charge is -2.11. The van der Waals surface area contributed by atoms with Crippen molar-refractivity contribution in [2.45, 2.75) is 0 Å². The molecule has 0 fully saturated rings. The van der Waals surface area contributed by atoms with Gasteiger partial charge in [0.1, 0.15) is 11.5 Å². The molecule has 0 atom stereocenters. The molecule has 0 aliphatic carbocycles. The first kappa shape index (κ1) is 25.7. The number of benzene rings is 4. The smallest absolute Gasteiger partial charge is 0.343 e. The van der Waals surface area contributed by atoms with E-state index in [9.17, 15) is 14.4 Å². The number of hydrazone groups is 1. The van der Waals surface area contributed by atoms with E-state index in [1.165, 1.54) is 31.5 Å². The summed E-state index contributed by atoms with van der Waals surface area (Å²) < 4.78 is 10.7. The van der Waals surface area contributed by atoms with Crippen molar-refractivity contribution in [2.24, 2.45) is 5.10 Å². The van der Waals surface area contributed by atoms with E-state index >= 15 is 0 Å². The van der Waals surface area contributed by atoms with Crippen LogP contribution in [0.4, 0.5) is 5.69 Å². The van der Waals surface area contributed by atoms with Crippen molar-refractivity contribution in [1.29, 1.82) is 0 Å². The third-order valence-electron chi connectivity index (χ3n) is 5.20. The van der Waals surface area contributed by atoms with Gasteiger partial charge in [0.15, 0.2) is 0 Å². The maximum Gasteiger partial charge on any atom is 0.343 e. The minimum absolute atomic E-state index is 0.220. The first-order valence-electron chi connectivity index (χ1n) is 10.8. The van der Waals surface area contributed by atoms with Crippen LogP contribution in [0.15, 0.2) is 84.0 Å². The predicted octanol–water partition coefficient (Wildman–Crippen LogP) is 5.46. The maximum atomic E-state index is 12.7. The van der Waals surface area contributed by atoms with Crippen LogP contribution in [0.25, 0.3) is 10.8 Å². The van der Waals surface area contributed by atoms with Crippen molar-refractivity contribution < 1.29 is 23.9 Å². The van der Waals surface area contributed by atoms with Gasteiger partial charge < -0.3 is 14.8 Å². The zero-order valence-electron chi connectivity index (χ0n) is 19.3.